The predicted molar refractivity (Wildman–Crippen MR) is 59.6 cm³/mol. The van der Waals surface area contributed by atoms with E-state index in [0.717, 1.165) is 0 Å². The molecule has 0 heterocycles. The van der Waals surface area contributed by atoms with Gasteiger partial charge in [0.05, 0.1) is 11.3 Å². The lowest BCUT2D eigenvalue weighted by molar-refractivity contribution is 0.0696. The Balaban J connectivity index is 3.07. The molecule has 82 valence electrons. The van der Waals surface area contributed by atoms with Crippen LogP contribution in [0.15, 0.2) is 22.7 Å². The average molecular weight is 314 g/mol. The van der Waals surface area contributed by atoms with Gasteiger partial charge in [-0.15, -0.1) is 0 Å². The first-order chi connectivity index (χ1) is 6.79. The van der Waals surface area contributed by atoms with Crippen LogP contribution in [0.1, 0.15) is 15.9 Å². The van der Waals surface area contributed by atoms with E-state index in [0.29, 0.717) is 10.0 Å². The molecule has 0 aromatic heterocycles. The number of carbonyl (C=O) groups is 1. The largest absolute Gasteiger partial charge is 0.478 e. The maximum absolute atomic E-state index is 10.8. The molecule has 1 aromatic rings. The van der Waals surface area contributed by atoms with Gasteiger partial charge in [0.25, 0.3) is 0 Å². The van der Waals surface area contributed by atoms with Gasteiger partial charge in [-0.1, -0.05) is 6.07 Å². The second kappa shape index (κ2) is 4.51. The van der Waals surface area contributed by atoms with Crippen molar-refractivity contribution in [2.24, 2.45) is 0 Å². The van der Waals surface area contributed by atoms with Crippen molar-refractivity contribution >= 4 is 41.6 Å². The van der Waals surface area contributed by atoms with Crippen LogP contribution in [-0.4, -0.2) is 19.5 Å². The van der Waals surface area contributed by atoms with Gasteiger partial charge < -0.3 is 5.11 Å². The van der Waals surface area contributed by atoms with Gasteiger partial charge >= 0.3 is 5.97 Å². The van der Waals surface area contributed by atoms with E-state index in [4.69, 9.17) is 15.8 Å². The first-order valence-electron chi connectivity index (χ1n) is 3.73. The first-order valence-corrected chi connectivity index (χ1v) is 7.01. The Morgan fingerprint density at radius 2 is 2.07 bits per heavy atom. The molecule has 0 aliphatic carbocycles. The fourth-order valence-electron chi connectivity index (χ4n) is 1.02. The Bertz CT molecular complexity index is 497. The lowest BCUT2D eigenvalue weighted by Crippen LogP contribution is -2.00. The molecule has 15 heavy (non-hydrogen) atoms. The lowest BCUT2D eigenvalue weighted by Gasteiger charge is -2.02. The molecule has 0 saturated heterocycles. The monoisotopic (exact) mass is 312 g/mol. The predicted octanol–water partition coefficient (Wildman–Crippen LogP) is 2.22. The van der Waals surface area contributed by atoms with Gasteiger partial charge in [0.1, 0.15) is 0 Å². The number of benzene rings is 1. The number of hydrogen-bond acceptors (Lipinski definition) is 3. The number of aromatic carboxylic acids is 1. The van der Waals surface area contributed by atoms with Crippen LogP contribution in [0.5, 0.6) is 0 Å². The summed E-state index contributed by atoms with van der Waals surface area (Å²) in [5, 5.41) is 8.71. The van der Waals surface area contributed by atoms with E-state index in [1.807, 2.05) is 0 Å². The molecule has 0 saturated carbocycles. The van der Waals surface area contributed by atoms with E-state index in [9.17, 15) is 13.2 Å². The summed E-state index contributed by atoms with van der Waals surface area (Å²) in [6.45, 7) is 0. The highest BCUT2D eigenvalue weighted by molar-refractivity contribution is 9.10. The van der Waals surface area contributed by atoms with Crippen LogP contribution in [0.25, 0.3) is 0 Å². The van der Waals surface area contributed by atoms with E-state index >= 15 is 0 Å². The molecule has 1 N–H and O–H groups in total. The van der Waals surface area contributed by atoms with Crippen molar-refractivity contribution in [3.05, 3.63) is 33.8 Å². The van der Waals surface area contributed by atoms with Crippen molar-refractivity contribution in [1.82, 2.24) is 0 Å². The maximum Gasteiger partial charge on any atom is 0.336 e. The topological polar surface area (TPSA) is 71.4 Å². The molecule has 0 radical (unpaired) electrons. The second-order valence-electron chi connectivity index (χ2n) is 2.80. The van der Waals surface area contributed by atoms with E-state index in [-0.39, 0.29) is 11.3 Å². The highest BCUT2D eigenvalue weighted by Crippen LogP contribution is 2.20. The van der Waals surface area contributed by atoms with Crippen LogP contribution in [0.2, 0.25) is 0 Å². The van der Waals surface area contributed by atoms with Crippen molar-refractivity contribution in [2.75, 3.05) is 0 Å². The molecule has 1 rings (SSSR count). The molecule has 0 atom stereocenters. The third-order valence-corrected chi connectivity index (χ3v) is 3.26. The summed E-state index contributed by atoms with van der Waals surface area (Å²) in [5.74, 6) is -1.41. The molecule has 0 bridgehead atoms. The smallest absolute Gasteiger partial charge is 0.336 e. The van der Waals surface area contributed by atoms with Gasteiger partial charge in [-0.2, -0.15) is 0 Å². The van der Waals surface area contributed by atoms with E-state index in [1.165, 1.54) is 18.2 Å². The lowest BCUT2D eigenvalue weighted by atomic mass is 10.1. The van der Waals surface area contributed by atoms with Crippen LogP contribution in [0.3, 0.4) is 0 Å². The van der Waals surface area contributed by atoms with Gasteiger partial charge in [0.2, 0.25) is 9.05 Å². The zero-order valence-electron chi connectivity index (χ0n) is 7.28. The molecule has 0 aliphatic heterocycles. The Morgan fingerprint density at radius 3 is 2.47 bits per heavy atom. The summed E-state index contributed by atoms with van der Waals surface area (Å²) in [4.78, 5) is 10.6. The number of carboxylic acids is 1. The van der Waals surface area contributed by atoms with Crippen LogP contribution in [0.4, 0.5) is 0 Å². The first kappa shape index (κ1) is 12.5. The third kappa shape index (κ3) is 3.81. The molecule has 0 unspecified atom stereocenters. The zero-order valence-corrected chi connectivity index (χ0v) is 10.4. The van der Waals surface area contributed by atoms with E-state index in [2.05, 4.69) is 15.9 Å². The molecule has 0 spiro atoms. The highest BCUT2D eigenvalue weighted by atomic mass is 79.9. The summed E-state index contributed by atoms with van der Waals surface area (Å²) in [6, 6.07) is 4.15. The molecule has 4 nitrogen and oxygen atoms in total. The van der Waals surface area contributed by atoms with Crippen molar-refractivity contribution in [3.63, 3.8) is 0 Å². The number of carboxylic acid groups (broad SMARTS) is 1. The van der Waals surface area contributed by atoms with E-state index < -0.39 is 15.0 Å². The Kier molecular flexibility index (Phi) is 3.75. The average Bonchev–Trinajstić information content (AvgIpc) is 1.99. The van der Waals surface area contributed by atoms with Crippen molar-refractivity contribution in [2.45, 2.75) is 5.75 Å². The molecule has 0 amide bonds. The molecular formula is C8H6BrClO4S. The van der Waals surface area contributed by atoms with Gasteiger partial charge in [0.15, 0.2) is 0 Å². The molecule has 1 aromatic carbocycles. The van der Waals surface area contributed by atoms with Crippen LogP contribution in [-0.2, 0) is 14.8 Å². The Morgan fingerprint density at radius 1 is 1.47 bits per heavy atom. The van der Waals surface area contributed by atoms with Gasteiger partial charge in [0, 0.05) is 15.2 Å². The summed E-state index contributed by atoms with van der Waals surface area (Å²) < 4.78 is 21.9. The van der Waals surface area contributed by atoms with Gasteiger partial charge in [-0.25, -0.2) is 13.2 Å². The van der Waals surface area contributed by atoms with Crippen molar-refractivity contribution < 1.29 is 18.3 Å². The molecule has 0 aliphatic rings. The normalized spacial score (nSPS) is 11.3. The minimum Gasteiger partial charge on any atom is -0.478 e. The minimum atomic E-state index is -3.62. The number of halogens is 2. The summed E-state index contributed by atoms with van der Waals surface area (Å²) in [7, 11) is 1.44. The fourth-order valence-corrected chi connectivity index (χ4v) is 2.57. The maximum atomic E-state index is 10.8. The van der Waals surface area contributed by atoms with Crippen LogP contribution >= 0.6 is 26.6 Å². The van der Waals surface area contributed by atoms with Gasteiger partial charge in [-0.05, 0) is 33.6 Å². The standard InChI is InChI=1S/C8H6BrClO4S/c9-7-3-5(4-15(10,13)14)1-2-6(7)8(11)12/h1-3H,4H2,(H,11,12). The molecule has 7 heteroatoms. The van der Waals surface area contributed by atoms with Crippen LogP contribution in [0, 0.1) is 0 Å². The third-order valence-electron chi connectivity index (χ3n) is 1.60. The Hall–Kier alpha value is -0.590. The van der Waals surface area contributed by atoms with Crippen molar-refractivity contribution in [1.29, 1.82) is 0 Å². The van der Waals surface area contributed by atoms with E-state index in [1.54, 1.807) is 0 Å². The number of hydrogen-bond donors (Lipinski definition) is 1. The van der Waals surface area contributed by atoms with Crippen molar-refractivity contribution in [3.8, 4) is 0 Å². The van der Waals surface area contributed by atoms with Crippen LogP contribution < -0.4 is 0 Å². The summed E-state index contributed by atoms with van der Waals surface area (Å²) in [5.41, 5.74) is 0.507. The summed E-state index contributed by atoms with van der Waals surface area (Å²) >= 11 is 3.04. The number of rotatable bonds is 3. The Labute approximate surface area is 99.4 Å². The minimum absolute atomic E-state index is 0.0747. The zero-order chi connectivity index (χ0) is 11.6. The molecular weight excluding hydrogens is 308 g/mol. The fraction of sp³-hybridized carbons (Fsp3) is 0.125. The molecule has 0 fully saturated rings. The van der Waals surface area contributed by atoms with Gasteiger partial charge in [-0.3, -0.25) is 0 Å². The SMILES string of the molecule is O=C(O)c1ccc(CS(=O)(=O)Cl)cc1Br. The quantitative estimate of drug-likeness (QED) is 0.869. The highest BCUT2D eigenvalue weighted by Gasteiger charge is 2.12. The summed E-state index contributed by atoms with van der Waals surface area (Å²) in [6.07, 6.45) is 0. The second-order valence-corrected chi connectivity index (χ2v) is 6.43.